The standard InChI is InChI=1S/C16H29N3O/c1-2-13-5-6-14(12-13)19-9-3-4-15(19)16(20)18-10-7-17-8-11-18/h13-15,17H,2-12H2,1H3. The predicted octanol–water partition coefficient (Wildman–Crippen LogP) is 1.46. The van der Waals surface area contributed by atoms with E-state index in [1.165, 1.54) is 32.1 Å². The molecule has 4 nitrogen and oxygen atoms in total. The number of amides is 1. The quantitative estimate of drug-likeness (QED) is 0.849. The molecule has 0 aromatic rings. The lowest BCUT2D eigenvalue weighted by atomic mass is 10.0. The molecule has 4 heteroatoms. The number of piperazine rings is 1. The van der Waals surface area contributed by atoms with Gasteiger partial charge in [-0.3, -0.25) is 9.69 Å². The minimum absolute atomic E-state index is 0.189. The summed E-state index contributed by atoms with van der Waals surface area (Å²) in [6.07, 6.45) is 7.59. The van der Waals surface area contributed by atoms with Crippen molar-refractivity contribution in [1.29, 1.82) is 0 Å². The monoisotopic (exact) mass is 279 g/mol. The van der Waals surface area contributed by atoms with Gasteiger partial charge in [0.15, 0.2) is 0 Å². The third-order valence-electron chi connectivity index (χ3n) is 5.57. The van der Waals surface area contributed by atoms with Gasteiger partial charge in [0.2, 0.25) is 5.91 Å². The molecule has 2 heterocycles. The molecule has 3 atom stereocenters. The third-order valence-corrected chi connectivity index (χ3v) is 5.57. The van der Waals surface area contributed by atoms with Gasteiger partial charge in [-0.25, -0.2) is 0 Å². The number of likely N-dealkylation sites (tertiary alicyclic amines) is 1. The largest absolute Gasteiger partial charge is 0.339 e. The van der Waals surface area contributed by atoms with Crippen LogP contribution in [0.4, 0.5) is 0 Å². The summed E-state index contributed by atoms with van der Waals surface area (Å²) in [6.45, 7) is 7.15. The lowest BCUT2D eigenvalue weighted by molar-refractivity contribution is -0.137. The van der Waals surface area contributed by atoms with Crippen molar-refractivity contribution in [3.8, 4) is 0 Å². The van der Waals surface area contributed by atoms with Gasteiger partial charge in [-0.1, -0.05) is 13.3 Å². The minimum Gasteiger partial charge on any atom is -0.339 e. The number of hydrogen-bond donors (Lipinski definition) is 1. The first kappa shape index (κ1) is 14.3. The van der Waals surface area contributed by atoms with E-state index in [1.807, 2.05) is 0 Å². The maximum atomic E-state index is 12.8. The molecule has 1 amide bonds. The van der Waals surface area contributed by atoms with Crippen molar-refractivity contribution >= 4 is 5.91 Å². The normalized spacial score (nSPS) is 35.6. The van der Waals surface area contributed by atoms with E-state index < -0.39 is 0 Å². The maximum Gasteiger partial charge on any atom is 0.240 e. The molecule has 3 rings (SSSR count). The fraction of sp³-hybridized carbons (Fsp3) is 0.938. The van der Waals surface area contributed by atoms with E-state index in [0.717, 1.165) is 45.1 Å². The molecule has 2 aliphatic heterocycles. The smallest absolute Gasteiger partial charge is 0.240 e. The van der Waals surface area contributed by atoms with Crippen molar-refractivity contribution in [1.82, 2.24) is 15.1 Å². The second kappa shape index (κ2) is 6.44. The van der Waals surface area contributed by atoms with Gasteiger partial charge in [-0.2, -0.15) is 0 Å². The Hall–Kier alpha value is -0.610. The van der Waals surface area contributed by atoms with Crippen LogP contribution >= 0.6 is 0 Å². The number of carbonyl (C=O) groups is 1. The van der Waals surface area contributed by atoms with Crippen LogP contribution in [0.2, 0.25) is 0 Å². The zero-order valence-corrected chi connectivity index (χ0v) is 12.8. The fourth-order valence-electron chi connectivity index (χ4n) is 4.31. The minimum atomic E-state index is 0.189. The first-order chi connectivity index (χ1) is 9.79. The zero-order valence-electron chi connectivity index (χ0n) is 12.8. The molecule has 0 aromatic heterocycles. The summed E-state index contributed by atoms with van der Waals surface area (Å²) in [5, 5.41) is 3.33. The summed E-state index contributed by atoms with van der Waals surface area (Å²) in [4.78, 5) is 17.4. The van der Waals surface area contributed by atoms with Gasteiger partial charge in [0.05, 0.1) is 6.04 Å². The van der Waals surface area contributed by atoms with Crippen molar-refractivity contribution < 1.29 is 4.79 Å². The predicted molar refractivity (Wildman–Crippen MR) is 80.6 cm³/mol. The first-order valence-electron chi connectivity index (χ1n) is 8.55. The number of nitrogens with zero attached hydrogens (tertiary/aromatic N) is 2. The average Bonchev–Trinajstić information content (AvgIpc) is 3.15. The molecule has 0 radical (unpaired) electrons. The van der Waals surface area contributed by atoms with Crippen LogP contribution in [0.15, 0.2) is 0 Å². The van der Waals surface area contributed by atoms with Gasteiger partial charge in [-0.15, -0.1) is 0 Å². The second-order valence-corrected chi connectivity index (χ2v) is 6.71. The van der Waals surface area contributed by atoms with Gasteiger partial charge in [0.1, 0.15) is 0 Å². The molecule has 0 spiro atoms. The van der Waals surface area contributed by atoms with Crippen molar-refractivity contribution in [3.63, 3.8) is 0 Å². The highest BCUT2D eigenvalue weighted by Gasteiger charge is 2.39. The van der Waals surface area contributed by atoms with Crippen molar-refractivity contribution in [2.75, 3.05) is 32.7 Å². The highest BCUT2D eigenvalue weighted by molar-refractivity contribution is 5.82. The van der Waals surface area contributed by atoms with Crippen LogP contribution < -0.4 is 5.32 Å². The lowest BCUT2D eigenvalue weighted by Gasteiger charge is -2.35. The molecule has 1 saturated carbocycles. The van der Waals surface area contributed by atoms with Gasteiger partial charge in [0, 0.05) is 32.2 Å². The van der Waals surface area contributed by atoms with Gasteiger partial charge < -0.3 is 10.2 Å². The Morgan fingerprint density at radius 1 is 1.15 bits per heavy atom. The van der Waals surface area contributed by atoms with E-state index in [1.54, 1.807) is 0 Å². The van der Waals surface area contributed by atoms with E-state index in [2.05, 4.69) is 22.0 Å². The summed E-state index contributed by atoms with van der Waals surface area (Å²) in [6, 6.07) is 0.869. The van der Waals surface area contributed by atoms with E-state index in [0.29, 0.717) is 11.9 Å². The molecule has 3 aliphatic rings. The van der Waals surface area contributed by atoms with E-state index >= 15 is 0 Å². The lowest BCUT2D eigenvalue weighted by Crippen LogP contribution is -2.53. The van der Waals surface area contributed by atoms with Crippen LogP contribution in [0.1, 0.15) is 45.4 Å². The maximum absolute atomic E-state index is 12.8. The summed E-state index contributed by atoms with van der Waals surface area (Å²) in [5.41, 5.74) is 0. The molecule has 0 aromatic carbocycles. The number of hydrogen-bond acceptors (Lipinski definition) is 3. The SMILES string of the molecule is CCC1CCC(N2CCCC2C(=O)N2CCNCC2)C1. The zero-order chi connectivity index (χ0) is 13.9. The third kappa shape index (κ3) is 2.86. The molecule has 3 fully saturated rings. The molecular formula is C16H29N3O. The van der Waals surface area contributed by atoms with Gasteiger partial charge in [-0.05, 0) is 44.6 Å². The molecule has 2 saturated heterocycles. The van der Waals surface area contributed by atoms with Crippen LogP contribution in [0, 0.1) is 5.92 Å². The molecular weight excluding hydrogens is 250 g/mol. The second-order valence-electron chi connectivity index (χ2n) is 6.71. The Morgan fingerprint density at radius 3 is 2.65 bits per heavy atom. The summed E-state index contributed by atoms with van der Waals surface area (Å²) >= 11 is 0. The van der Waals surface area contributed by atoms with Gasteiger partial charge in [0.25, 0.3) is 0 Å². The number of rotatable bonds is 3. The Morgan fingerprint density at radius 2 is 1.95 bits per heavy atom. The number of nitrogens with one attached hydrogen (secondary N) is 1. The Bertz CT molecular complexity index is 341. The molecule has 3 unspecified atom stereocenters. The highest BCUT2D eigenvalue weighted by Crippen LogP contribution is 2.35. The van der Waals surface area contributed by atoms with Crippen LogP contribution in [-0.2, 0) is 4.79 Å². The van der Waals surface area contributed by atoms with Crippen molar-refractivity contribution in [3.05, 3.63) is 0 Å². The Labute approximate surface area is 122 Å². The Kier molecular flexibility index (Phi) is 4.61. The summed E-state index contributed by atoms with van der Waals surface area (Å²) in [7, 11) is 0. The van der Waals surface area contributed by atoms with Crippen molar-refractivity contribution in [2.24, 2.45) is 5.92 Å². The fourth-order valence-corrected chi connectivity index (χ4v) is 4.31. The summed E-state index contributed by atoms with van der Waals surface area (Å²) < 4.78 is 0. The van der Waals surface area contributed by atoms with E-state index in [9.17, 15) is 4.79 Å². The first-order valence-corrected chi connectivity index (χ1v) is 8.55. The molecule has 114 valence electrons. The van der Waals surface area contributed by atoms with Gasteiger partial charge >= 0.3 is 0 Å². The summed E-state index contributed by atoms with van der Waals surface area (Å²) in [5.74, 6) is 1.31. The van der Waals surface area contributed by atoms with E-state index in [-0.39, 0.29) is 6.04 Å². The molecule has 1 aliphatic carbocycles. The molecule has 20 heavy (non-hydrogen) atoms. The van der Waals surface area contributed by atoms with Crippen LogP contribution in [-0.4, -0.2) is 60.5 Å². The topological polar surface area (TPSA) is 35.6 Å². The number of carbonyl (C=O) groups excluding carboxylic acids is 1. The average molecular weight is 279 g/mol. The van der Waals surface area contributed by atoms with Crippen molar-refractivity contribution in [2.45, 2.75) is 57.5 Å². The van der Waals surface area contributed by atoms with Crippen LogP contribution in [0.25, 0.3) is 0 Å². The molecule has 1 N–H and O–H groups in total. The van der Waals surface area contributed by atoms with Crippen LogP contribution in [0.5, 0.6) is 0 Å². The Balaban J connectivity index is 1.61. The highest BCUT2D eigenvalue weighted by atomic mass is 16.2. The van der Waals surface area contributed by atoms with E-state index in [4.69, 9.17) is 0 Å². The van der Waals surface area contributed by atoms with Crippen LogP contribution in [0.3, 0.4) is 0 Å². The molecule has 0 bridgehead atoms.